The first-order chi connectivity index (χ1) is 16.5. The number of halogens is 3. The summed E-state index contributed by atoms with van der Waals surface area (Å²) in [7, 11) is 3.13. The molecule has 1 aliphatic heterocycles. The molecule has 2 fully saturated rings. The third kappa shape index (κ3) is 3.90. The highest BCUT2D eigenvalue weighted by molar-refractivity contribution is 6.00. The SMILES string of the molecule is COc1ccc(OC(F)(F)F)cc1N(C(=O)O)C1CC2(C1)CN(C(=O)c1cnn3ccn(C)c13)C2. The van der Waals surface area contributed by atoms with E-state index >= 15 is 0 Å². The normalized spacial score (nSPS) is 17.2. The minimum absolute atomic E-state index is 0.0279. The molecule has 0 bridgehead atoms. The summed E-state index contributed by atoms with van der Waals surface area (Å²) in [4.78, 5) is 27.8. The second kappa shape index (κ2) is 7.82. The van der Waals surface area contributed by atoms with Crippen LogP contribution in [-0.4, -0.2) is 68.8 Å². The first-order valence-electron chi connectivity index (χ1n) is 10.7. The molecule has 1 saturated carbocycles. The first-order valence-corrected chi connectivity index (χ1v) is 10.7. The summed E-state index contributed by atoms with van der Waals surface area (Å²) in [5, 5.41) is 14.1. The number of hydrogen-bond donors (Lipinski definition) is 1. The fraction of sp³-hybridized carbons (Fsp3) is 0.409. The molecule has 2 aliphatic rings. The number of fused-ring (bicyclic) bond motifs is 1. The quantitative estimate of drug-likeness (QED) is 0.585. The van der Waals surface area contributed by atoms with E-state index in [0.29, 0.717) is 37.1 Å². The van der Waals surface area contributed by atoms with Crippen LogP contribution < -0.4 is 14.4 Å². The molecule has 35 heavy (non-hydrogen) atoms. The number of amides is 2. The third-order valence-electron chi connectivity index (χ3n) is 6.66. The van der Waals surface area contributed by atoms with Gasteiger partial charge in [-0.25, -0.2) is 9.31 Å². The molecule has 1 aliphatic carbocycles. The summed E-state index contributed by atoms with van der Waals surface area (Å²) in [5.74, 6) is -0.576. The molecule has 3 heterocycles. The van der Waals surface area contributed by atoms with Crippen LogP contribution in [0.15, 0.2) is 36.8 Å². The highest BCUT2D eigenvalue weighted by Gasteiger charge is 2.56. The van der Waals surface area contributed by atoms with E-state index in [-0.39, 0.29) is 22.8 Å². The van der Waals surface area contributed by atoms with Crippen molar-refractivity contribution in [2.45, 2.75) is 25.2 Å². The van der Waals surface area contributed by atoms with E-state index in [1.807, 2.05) is 11.6 Å². The van der Waals surface area contributed by atoms with Crippen molar-refractivity contribution in [1.82, 2.24) is 19.1 Å². The number of hydrogen-bond acceptors (Lipinski definition) is 5. The second-order valence-corrected chi connectivity index (χ2v) is 8.99. The van der Waals surface area contributed by atoms with E-state index in [9.17, 15) is 27.9 Å². The lowest BCUT2D eigenvalue weighted by atomic mass is 9.60. The van der Waals surface area contributed by atoms with E-state index in [4.69, 9.17) is 4.74 Å². The number of carbonyl (C=O) groups excluding carboxylic acids is 1. The predicted octanol–water partition coefficient (Wildman–Crippen LogP) is 3.37. The smallest absolute Gasteiger partial charge is 0.495 e. The van der Waals surface area contributed by atoms with Crippen LogP contribution in [-0.2, 0) is 7.05 Å². The van der Waals surface area contributed by atoms with Gasteiger partial charge in [-0.15, -0.1) is 13.2 Å². The average molecular weight is 493 g/mol. The van der Waals surface area contributed by atoms with Crippen molar-refractivity contribution in [3.63, 3.8) is 0 Å². The number of carbonyl (C=O) groups is 2. The van der Waals surface area contributed by atoms with Gasteiger partial charge in [0.1, 0.15) is 22.7 Å². The van der Waals surface area contributed by atoms with E-state index < -0.39 is 24.2 Å². The number of rotatable bonds is 5. The number of nitrogens with zero attached hydrogens (tertiary/aromatic N) is 5. The van der Waals surface area contributed by atoms with Gasteiger partial charge in [0.2, 0.25) is 0 Å². The topological polar surface area (TPSA) is 102 Å². The fourth-order valence-electron chi connectivity index (χ4n) is 5.17. The molecule has 2 amide bonds. The molecule has 1 aromatic carbocycles. The van der Waals surface area contributed by atoms with Gasteiger partial charge in [-0.05, 0) is 25.0 Å². The van der Waals surface area contributed by atoms with Crippen molar-refractivity contribution < 1.29 is 37.3 Å². The van der Waals surface area contributed by atoms with E-state index in [2.05, 4.69) is 9.84 Å². The van der Waals surface area contributed by atoms with Crippen molar-refractivity contribution in [2.24, 2.45) is 12.5 Å². The lowest BCUT2D eigenvalue weighted by Gasteiger charge is -2.60. The molecule has 1 N–H and O–H groups in total. The van der Waals surface area contributed by atoms with Crippen molar-refractivity contribution in [3.05, 3.63) is 42.4 Å². The number of methoxy groups -OCH3 is 1. The summed E-state index contributed by atoms with van der Waals surface area (Å²) >= 11 is 0. The maximum absolute atomic E-state index is 13.0. The summed E-state index contributed by atoms with van der Waals surface area (Å²) in [6.07, 6.45) is -0.218. The lowest BCUT2D eigenvalue weighted by Crippen LogP contribution is -2.68. The molecule has 0 radical (unpaired) electrons. The molecular formula is C22H22F3N5O5. The number of benzene rings is 1. The standard InChI is InChI=1S/C22H22F3N5O5/c1-27-5-6-29-18(27)15(10-26-29)19(31)28-11-21(12-28)8-13(9-21)30(20(32)33)16-7-14(35-22(23,24)25)3-4-17(16)34-2/h3-7,10,13H,8-9,11-12H2,1-2H3,(H,32,33). The van der Waals surface area contributed by atoms with Gasteiger partial charge < -0.3 is 24.0 Å². The van der Waals surface area contributed by atoms with Gasteiger partial charge in [0.25, 0.3) is 5.91 Å². The Morgan fingerprint density at radius 3 is 2.57 bits per heavy atom. The molecule has 5 rings (SSSR count). The third-order valence-corrected chi connectivity index (χ3v) is 6.66. The number of aryl methyl sites for hydroxylation is 1. The maximum atomic E-state index is 13.0. The highest BCUT2D eigenvalue weighted by atomic mass is 19.4. The Labute approximate surface area is 197 Å². The van der Waals surface area contributed by atoms with E-state index in [1.165, 1.54) is 19.4 Å². The molecule has 0 atom stereocenters. The van der Waals surface area contributed by atoms with Crippen LogP contribution in [0.3, 0.4) is 0 Å². The summed E-state index contributed by atoms with van der Waals surface area (Å²) in [6, 6.07) is 2.83. The largest absolute Gasteiger partial charge is 0.573 e. The molecule has 1 saturated heterocycles. The van der Waals surface area contributed by atoms with Crippen molar-refractivity contribution in [1.29, 1.82) is 0 Å². The number of likely N-dealkylation sites (tertiary alicyclic amines) is 1. The second-order valence-electron chi connectivity index (χ2n) is 8.99. The predicted molar refractivity (Wildman–Crippen MR) is 116 cm³/mol. The minimum atomic E-state index is -4.91. The summed E-state index contributed by atoms with van der Waals surface area (Å²) < 4.78 is 50.6. The van der Waals surface area contributed by atoms with Crippen LogP contribution in [0, 0.1) is 5.41 Å². The number of anilines is 1. The zero-order valence-corrected chi connectivity index (χ0v) is 18.8. The summed E-state index contributed by atoms with van der Waals surface area (Å²) in [6.45, 7) is 0.928. The van der Waals surface area contributed by atoms with Crippen molar-refractivity contribution >= 4 is 23.3 Å². The van der Waals surface area contributed by atoms with Crippen molar-refractivity contribution in [2.75, 3.05) is 25.1 Å². The van der Waals surface area contributed by atoms with Crippen LogP contribution in [0.5, 0.6) is 11.5 Å². The Bertz CT molecular complexity index is 1300. The van der Waals surface area contributed by atoms with Crippen LogP contribution >= 0.6 is 0 Å². The summed E-state index contributed by atoms with van der Waals surface area (Å²) in [5.41, 5.74) is 0.913. The van der Waals surface area contributed by atoms with E-state index in [1.54, 1.807) is 21.8 Å². The lowest BCUT2D eigenvalue weighted by molar-refractivity contribution is -0.274. The van der Waals surface area contributed by atoms with Crippen LogP contribution in [0.1, 0.15) is 23.2 Å². The van der Waals surface area contributed by atoms with Gasteiger partial charge in [-0.1, -0.05) is 0 Å². The van der Waals surface area contributed by atoms with Gasteiger partial charge >= 0.3 is 12.5 Å². The Hall–Kier alpha value is -3.90. The molecule has 0 unspecified atom stereocenters. The Kier molecular flexibility index (Phi) is 5.11. The number of imidazole rings is 1. The highest BCUT2D eigenvalue weighted by Crippen LogP contribution is 2.52. The van der Waals surface area contributed by atoms with Gasteiger partial charge in [0.05, 0.1) is 19.0 Å². The zero-order valence-electron chi connectivity index (χ0n) is 18.8. The maximum Gasteiger partial charge on any atom is 0.573 e. The van der Waals surface area contributed by atoms with Crippen molar-refractivity contribution in [3.8, 4) is 11.5 Å². The Balaban J connectivity index is 1.29. The Morgan fingerprint density at radius 1 is 1.23 bits per heavy atom. The minimum Gasteiger partial charge on any atom is -0.495 e. The molecular weight excluding hydrogens is 471 g/mol. The van der Waals surface area contributed by atoms with Gasteiger partial charge in [-0.3, -0.25) is 9.69 Å². The molecule has 13 heteroatoms. The van der Waals surface area contributed by atoms with Crippen LogP contribution in [0.2, 0.25) is 0 Å². The fourth-order valence-corrected chi connectivity index (χ4v) is 5.17. The average Bonchev–Trinajstić information content (AvgIpc) is 3.30. The molecule has 10 nitrogen and oxygen atoms in total. The Morgan fingerprint density at radius 2 is 1.94 bits per heavy atom. The molecule has 3 aromatic rings. The van der Waals surface area contributed by atoms with Crippen LogP contribution in [0.4, 0.5) is 23.7 Å². The monoisotopic (exact) mass is 493 g/mol. The molecule has 2 aromatic heterocycles. The van der Waals surface area contributed by atoms with Crippen LogP contribution in [0.25, 0.3) is 5.65 Å². The van der Waals surface area contributed by atoms with Gasteiger partial charge in [-0.2, -0.15) is 5.10 Å². The first kappa shape index (κ1) is 22.9. The number of alkyl halides is 3. The van der Waals surface area contributed by atoms with E-state index in [0.717, 1.165) is 17.0 Å². The number of aromatic nitrogens is 3. The number of ether oxygens (including phenoxy) is 2. The zero-order chi connectivity index (χ0) is 25.1. The number of carboxylic acid groups (broad SMARTS) is 1. The van der Waals surface area contributed by atoms with Gasteiger partial charge in [0.15, 0.2) is 0 Å². The molecule has 186 valence electrons. The van der Waals surface area contributed by atoms with Gasteiger partial charge in [0, 0.05) is 50.1 Å². The molecule has 1 spiro atoms.